The monoisotopic (exact) mass is 363 g/mol. The van der Waals surface area contributed by atoms with Gasteiger partial charge in [-0.2, -0.15) is 5.10 Å². The Balaban J connectivity index is 1.55. The second-order valence-electron chi connectivity index (χ2n) is 6.11. The third kappa shape index (κ3) is 4.35. The Morgan fingerprint density at radius 2 is 2.24 bits per heavy atom. The molecule has 136 valence electrons. The zero-order chi connectivity index (χ0) is 17.8. The van der Waals surface area contributed by atoms with E-state index in [2.05, 4.69) is 37.6 Å². The topological polar surface area (TPSA) is 89.2 Å². The van der Waals surface area contributed by atoms with Crippen LogP contribution < -0.4 is 10.6 Å². The van der Waals surface area contributed by atoms with Crippen molar-refractivity contribution in [1.29, 1.82) is 0 Å². The van der Waals surface area contributed by atoms with E-state index in [0.29, 0.717) is 13.2 Å². The molecule has 9 heteroatoms. The lowest BCUT2D eigenvalue weighted by atomic mass is 10.1. The van der Waals surface area contributed by atoms with Crippen molar-refractivity contribution >= 4 is 17.3 Å². The summed E-state index contributed by atoms with van der Waals surface area (Å²) in [5.41, 5.74) is 1.10. The fourth-order valence-electron chi connectivity index (χ4n) is 2.83. The number of hydrogen-bond acceptors (Lipinski definition) is 6. The molecule has 3 heterocycles. The molecular formula is C16H25N7OS. The number of aromatic nitrogens is 4. The molecule has 25 heavy (non-hydrogen) atoms. The molecule has 2 aromatic rings. The van der Waals surface area contributed by atoms with E-state index in [9.17, 15) is 0 Å². The lowest BCUT2D eigenvalue weighted by Crippen LogP contribution is -2.46. The lowest BCUT2D eigenvalue weighted by molar-refractivity contribution is 0.177. The molecule has 1 atom stereocenters. The van der Waals surface area contributed by atoms with Gasteiger partial charge in [0.05, 0.1) is 18.8 Å². The first-order valence-electron chi connectivity index (χ1n) is 8.40. The summed E-state index contributed by atoms with van der Waals surface area (Å²) in [7, 11) is 3.44. The fraction of sp³-hybridized carbons (Fsp3) is 0.625. The van der Waals surface area contributed by atoms with E-state index in [1.807, 2.05) is 11.6 Å². The van der Waals surface area contributed by atoms with Crippen molar-refractivity contribution in [3.05, 3.63) is 27.2 Å². The maximum Gasteiger partial charge on any atom is 0.191 e. The Morgan fingerprint density at radius 1 is 1.40 bits per heavy atom. The lowest BCUT2D eigenvalue weighted by Gasteiger charge is -2.25. The fourth-order valence-corrected chi connectivity index (χ4v) is 3.70. The highest BCUT2D eigenvalue weighted by Crippen LogP contribution is 2.16. The summed E-state index contributed by atoms with van der Waals surface area (Å²) in [5, 5.41) is 12.4. The molecule has 0 spiro atoms. The maximum absolute atomic E-state index is 5.11. The van der Waals surface area contributed by atoms with Crippen LogP contribution in [0.1, 0.15) is 33.6 Å². The molecule has 0 bridgehead atoms. The van der Waals surface area contributed by atoms with Crippen LogP contribution in [0, 0.1) is 13.8 Å². The number of nitrogens with one attached hydrogen (secondary N) is 2. The first kappa shape index (κ1) is 17.8. The average molecular weight is 363 g/mol. The predicted octanol–water partition coefficient (Wildman–Crippen LogP) is 1.18. The first-order valence-corrected chi connectivity index (χ1v) is 9.22. The summed E-state index contributed by atoms with van der Waals surface area (Å²) in [6.07, 6.45) is 1.90. The Kier molecular flexibility index (Phi) is 5.64. The average Bonchev–Trinajstić information content (AvgIpc) is 3.14. The normalized spacial score (nSPS) is 17.4. The van der Waals surface area contributed by atoms with Crippen LogP contribution in [0.15, 0.2) is 4.99 Å². The van der Waals surface area contributed by atoms with Gasteiger partial charge in [0.2, 0.25) is 0 Å². The number of ether oxygens (including phenoxy) is 1. The van der Waals surface area contributed by atoms with E-state index in [1.165, 1.54) is 4.88 Å². The highest BCUT2D eigenvalue weighted by Gasteiger charge is 2.22. The standard InChI is InChI=1S/C16H25N7OS/c1-10-11(2)25-15(19-10)7-18-16(17-3)20-12-5-6-14-21-13(9-24-4)22-23(14)8-12/h12H,5-9H2,1-4H3,(H2,17,18,20). The summed E-state index contributed by atoms with van der Waals surface area (Å²) >= 11 is 1.72. The molecule has 1 aliphatic rings. The number of hydrogen-bond donors (Lipinski definition) is 2. The van der Waals surface area contributed by atoms with Crippen molar-refractivity contribution < 1.29 is 4.74 Å². The van der Waals surface area contributed by atoms with Gasteiger partial charge in [-0.3, -0.25) is 4.99 Å². The van der Waals surface area contributed by atoms with Gasteiger partial charge in [-0.15, -0.1) is 11.3 Å². The number of guanidine groups is 1. The van der Waals surface area contributed by atoms with Crippen LogP contribution in [0.2, 0.25) is 0 Å². The summed E-state index contributed by atoms with van der Waals surface area (Å²) in [5.74, 6) is 2.56. The Labute approximate surface area is 151 Å². The second kappa shape index (κ2) is 7.92. The Morgan fingerprint density at radius 3 is 2.92 bits per heavy atom. The van der Waals surface area contributed by atoms with Gasteiger partial charge in [-0.1, -0.05) is 0 Å². The molecule has 0 aliphatic carbocycles. The van der Waals surface area contributed by atoms with Crippen LogP contribution in [-0.2, 0) is 30.9 Å². The molecular weight excluding hydrogens is 338 g/mol. The maximum atomic E-state index is 5.11. The molecule has 2 N–H and O–H groups in total. The quantitative estimate of drug-likeness (QED) is 0.612. The molecule has 3 rings (SSSR count). The van der Waals surface area contributed by atoms with Crippen LogP contribution in [0.3, 0.4) is 0 Å². The highest BCUT2D eigenvalue weighted by molar-refractivity contribution is 7.11. The minimum Gasteiger partial charge on any atom is -0.377 e. The summed E-state index contributed by atoms with van der Waals surface area (Å²) in [6.45, 7) is 6.05. The smallest absolute Gasteiger partial charge is 0.191 e. The molecule has 0 radical (unpaired) electrons. The molecule has 8 nitrogen and oxygen atoms in total. The molecule has 1 aliphatic heterocycles. The van der Waals surface area contributed by atoms with Gasteiger partial charge in [0.25, 0.3) is 0 Å². The molecule has 2 aromatic heterocycles. The molecule has 1 unspecified atom stereocenters. The van der Waals surface area contributed by atoms with Gasteiger partial charge in [0.15, 0.2) is 11.8 Å². The van der Waals surface area contributed by atoms with Crippen molar-refractivity contribution in [2.24, 2.45) is 4.99 Å². The molecule has 0 saturated carbocycles. The van der Waals surface area contributed by atoms with E-state index in [0.717, 1.165) is 47.7 Å². The Hall–Kier alpha value is -2.00. The summed E-state index contributed by atoms with van der Waals surface area (Å²) < 4.78 is 7.08. The molecule has 0 fully saturated rings. The van der Waals surface area contributed by atoms with Crippen molar-refractivity contribution in [1.82, 2.24) is 30.4 Å². The number of aliphatic imine (C=N–C) groups is 1. The van der Waals surface area contributed by atoms with E-state index < -0.39 is 0 Å². The van der Waals surface area contributed by atoms with E-state index in [-0.39, 0.29) is 6.04 Å². The zero-order valence-corrected chi connectivity index (χ0v) is 16.0. The molecule has 0 aromatic carbocycles. The zero-order valence-electron chi connectivity index (χ0n) is 15.2. The first-order chi connectivity index (χ1) is 12.1. The van der Waals surface area contributed by atoms with Crippen molar-refractivity contribution in [2.45, 2.75) is 52.4 Å². The van der Waals surface area contributed by atoms with Gasteiger partial charge in [-0.25, -0.2) is 14.6 Å². The molecule has 0 amide bonds. The van der Waals surface area contributed by atoms with Gasteiger partial charge in [-0.05, 0) is 20.3 Å². The number of fused-ring (bicyclic) bond motifs is 1. The number of aryl methyl sites for hydroxylation is 3. The van der Waals surface area contributed by atoms with Crippen LogP contribution in [0.5, 0.6) is 0 Å². The number of thiazole rings is 1. The third-order valence-electron chi connectivity index (χ3n) is 4.22. The highest BCUT2D eigenvalue weighted by atomic mass is 32.1. The second-order valence-corrected chi connectivity index (χ2v) is 7.40. The van der Waals surface area contributed by atoms with Crippen LogP contribution in [-0.4, -0.2) is 45.9 Å². The summed E-state index contributed by atoms with van der Waals surface area (Å²) in [4.78, 5) is 14.6. The predicted molar refractivity (Wildman–Crippen MR) is 97.8 cm³/mol. The Bertz CT molecular complexity index is 732. The van der Waals surface area contributed by atoms with Crippen LogP contribution in [0.25, 0.3) is 0 Å². The number of nitrogens with zero attached hydrogens (tertiary/aromatic N) is 5. The van der Waals surface area contributed by atoms with Crippen molar-refractivity contribution in [2.75, 3.05) is 14.2 Å². The molecule has 0 saturated heterocycles. The van der Waals surface area contributed by atoms with Gasteiger partial charge in [0, 0.05) is 31.5 Å². The van der Waals surface area contributed by atoms with Gasteiger partial charge >= 0.3 is 0 Å². The van der Waals surface area contributed by atoms with E-state index in [1.54, 1.807) is 25.5 Å². The number of rotatable bonds is 5. The largest absolute Gasteiger partial charge is 0.377 e. The SMILES string of the molecule is CN=C(NCc1nc(C)c(C)s1)NC1CCc2nc(COC)nn2C1. The van der Waals surface area contributed by atoms with Gasteiger partial charge < -0.3 is 15.4 Å². The van der Waals surface area contributed by atoms with E-state index in [4.69, 9.17) is 4.74 Å². The summed E-state index contributed by atoms with van der Waals surface area (Å²) in [6, 6.07) is 0.274. The van der Waals surface area contributed by atoms with Gasteiger partial charge in [0.1, 0.15) is 17.4 Å². The van der Waals surface area contributed by atoms with Crippen molar-refractivity contribution in [3.63, 3.8) is 0 Å². The van der Waals surface area contributed by atoms with Crippen molar-refractivity contribution in [3.8, 4) is 0 Å². The third-order valence-corrected chi connectivity index (χ3v) is 5.29. The van der Waals surface area contributed by atoms with Crippen LogP contribution in [0.4, 0.5) is 0 Å². The van der Waals surface area contributed by atoms with E-state index >= 15 is 0 Å². The van der Waals surface area contributed by atoms with Crippen LogP contribution >= 0.6 is 11.3 Å². The minimum atomic E-state index is 0.274. The minimum absolute atomic E-state index is 0.274. The number of methoxy groups -OCH3 is 1.